The Morgan fingerprint density at radius 2 is 1.82 bits per heavy atom. The standard InChI is InChI=1S/C14H24N2O6/c1-10(15-13(19)22-14(2,3)4)12(18)16(21-6)9-7-8-11(17)20-5/h7-8,10H,9H2,1-6H3,(H,15,19)/b8-7+/t10-/m0/s1. The first-order valence-electron chi connectivity index (χ1n) is 6.70. The van der Waals surface area contributed by atoms with E-state index in [1.807, 2.05) is 0 Å². The molecule has 0 aliphatic rings. The van der Waals surface area contributed by atoms with E-state index < -0.39 is 29.6 Å². The van der Waals surface area contributed by atoms with Crippen molar-refractivity contribution in [1.29, 1.82) is 0 Å². The summed E-state index contributed by atoms with van der Waals surface area (Å²) in [7, 11) is 2.56. The fraction of sp³-hybridized carbons (Fsp3) is 0.643. The number of carbonyl (C=O) groups is 3. The second-order valence-corrected chi connectivity index (χ2v) is 5.38. The van der Waals surface area contributed by atoms with Crippen molar-refractivity contribution in [1.82, 2.24) is 10.4 Å². The van der Waals surface area contributed by atoms with Crippen LogP contribution >= 0.6 is 0 Å². The molecule has 22 heavy (non-hydrogen) atoms. The van der Waals surface area contributed by atoms with E-state index in [9.17, 15) is 14.4 Å². The van der Waals surface area contributed by atoms with Gasteiger partial charge >= 0.3 is 12.1 Å². The maximum atomic E-state index is 12.1. The zero-order valence-corrected chi connectivity index (χ0v) is 13.8. The van der Waals surface area contributed by atoms with Gasteiger partial charge in [0.1, 0.15) is 11.6 Å². The summed E-state index contributed by atoms with van der Waals surface area (Å²) in [5.74, 6) is -1.02. The number of esters is 1. The molecule has 2 amide bonds. The molecule has 0 spiro atoms. The lowest BCUT2D eigenvalue weighted by Crippen LogP contribution is -2.47. The monoisotopic (exact) mass is 316 g/mol. The molecule has 126 valence electrons. The number of nitrogens with zero attached hydrogens (tertiary/aromatic N) is 1. The van der Waals surface area contributed by atoms with Gasteiger partial charge in [0.15, 0.2) is 0 Å². The Morgan fingerprint density at radius 3 is 2.27 bits per heavy atom. The largest absolute Gasteiger partial charge is 0.466 e. The van der Waals surface area contributed by atoms with Gasteiger partial charge < -0.3 is 14.8 Å². The molecule has 0 bridgehead atoms. The van der Waals surface area contributed by atoms with Crippen LogP contribution in [0.25, 0.3) is 0 Å². The molecular weight excluding hydrogens is 292 g/mol. The predicted molar refractivity (Wildman–Crippen MR) is 78.7 cm³/mol. The molecule has 0 aromatic carbocycles. The highest BCUT2D eigenvalue weighted by molar-refractivity contribution is 5.85. The third kappa shape index (κ3) is 8.25. The smallest absolute Gasteiger partial charge is 0.408 e. The Balaban J connectivity index is 4.53. The summed E-state index contributed by atoms with van der Waals surface area (Å²) in [5.41, 5.74) is -0.656. The van der Waals surface area contributed by atoms with Gasteiger partial charge in [0.25, 0.3) is 5.91 Å². The lowest BCUT2D eigenvalue weighted by atomic mass is 10.2. The van der Waals surface area contributed by atoms with Crippen LogP contribution in [-0.2, 0) is 23.9 Å². The summed E-state index contributed by atoms with van der Waals surface area (Å²) in [6.07, 6.45) is 1.88. The number of carbonyl (C=O) groups excluding carboxylic acids is 3. The molecule has 0 fully saturated rings. The second kappa shape index (κ2) is 9.04. The Labute approximate surface area is 130 Å². The number of nitrogens with one attached hydrogen (secondary N) is 1. The van der Waals surface area contributed by atoms with Crippen molar-refractivity contribution in [3.63, 3.8) is 0 Å². The van der Waals surface area contributed by atoms with Gasteiger partial charge in [0.05, 0.1) is 20.8 Å². The molecule has 1 N–H and O–H groups in total. The first kappa shape index (κ1) is 19.9. The van der Waals surface area contributed by atoms with E-state index in [0.717, 1.165) is 5.06 Å². The van der Waals surface area contributed by atoms with Crippen LogP contribution < -0.4 is 5.32 Å². The van der Waals surface area contributed by atoms with Gasteiger partial charge in [0.2, 0.25) is 0 Å². The molecule has 0 saturated carbocycles. The quantitative estimate of drug-likeness (QED) is 0.447. The number of rotatable bonds is 6. The summed E-state index contributed by atoms with van der Waals surface area (Å²) in [6.45, 7) is 6.70. The van der Waals surface area contributed by atoms with E-state index >= 15 is 0 Å². The molecule has 0 aliphatic heterocycles. The number of hydroxylamine groups is 2. The minimum atomic E-state index is -0.846. The topological polar surface area (TPSA) is 94.2 Å². The van der Waals surface area contributed by atoms with Crippen molar-refractivity contribution in [2.45, 2.75) is 39.3 Å². The van der Waals surface area contributed by atoms with E-state index in [1.54, 1.807) is 20.8 Å². The van der Waals surface area contributed by atoms with Gasteiger partial charge in [-0.1, -0.05) is 6.08 Å². The molecular formula is C14H24N2O6. The van der Waals surface area contributed by atoms with Gasteiger partial charge in [-0.05, 0) is 27.7 Å². The fourth-order valence-electron chi connectivity index (χ4n) is 1.33. The summed E-state index contributed by atoms with van der Waals surface area (Å²) >= 11 is 0. The lowest BCUT2D eigenvalue weighted by Gasteiger charge is -2.24. The van der Waals surface area contributed by atoms with Crippen LogP contribution in [-0.4, -0.2) is 55.4 Å². The first-order valence-corrected chi connectivity index (χ1v) is 6.70. The van der Waals surface area contributed by atoms with Crippen LogP contribution in [0.4, 0.5) is 4.79 Å². The number of methoxy groups -OCH3 is 1. The van der Waals surface area contributed by atoms with Crippen molar-refractivity contribution in [2.24, 2.45) is 0 Å². The van der Waals surface area contributed by atoms with Gasteiger partial charge in [-0.15, -0.1) is 0 Å². The maximum Gasteiger partial charge on any atom is 0.408 e. The van der Waals surface area contributed by atoms with Crippen molar-refractivity contribution in [3.8, 4) is 0 Å². The van der Waals surface area contributed by atoms with Crippen molar-refractivity contribution in [2.75, 3.05) is 20.8 Å². The molecule has 8 nitrogen and oxygen atoms in total. The highest BCUT2D eigenvalue weighted by Gasteiger charge is 2.24. The number of alkyl carbamates (subject to hydrolysis) is 1. The Morgan fingerprint density at radius 1 is 1.23 bits per heavy atom. The number of hydrogen-bond donors (Lipinski definition) is 1. The van der Waals surface area contributed by atoms with E-state index in [0.29, 0.717) is 0 Å². The molecule has 0 rings (SSSR count). The summed E-state index contributed by atoms with van der Waals surface area (Å²) in [4.78, 5) is 39.6. The first-order chi connectivity index (χ1) is 10.1. The number of ether oxygens (including phenoxy) is 2. The normalized spacial score (nSPS) is 12.6. The highest BCUT2D eigenvalue weighted by atomic mass is 16.7. The van der Waals surface area contributed by atoms with Gasteiger partial charge in [0, 0.05) is 6.08 Å². The summed E-state index contributed by atoms with van der Waals surface area (Å²) in [6, 6.07) is -0.846. The van der Waals surface area contributed by atoms with Crippen molar-refractivity contribution >= 4 is 18.0 Å². The van der Waals surface area contributed by atoms with Crippen molar-refractivity contribution in [3.05, 3.63) is 12.2 Å². The average molecular weight is 316 g/mol. The highest BCUT2D eigenvalue weighted by Crippen LogP contribution is 2.07. The van der Waals surface area contributed by atoms with Crippen molar-refractivity contribution < 1.29 is 28.7 Å². The number of hydrogen-bond acceptors (Lipinski definition) is 6. The van der Waals surface area contributed by atoms with Gasteiger partial charge in [-0.3, -0.25) is 9.63 Å². The summed E-state index contributed by atoms with van der Waals surface area (Å²) < 4.78 is 9.49. The molecule has 0 saturated heterocycles. The van der Waals surface area contributed by atoms with Gasteiger partial charge in [-0.2, -0.15) is 0 Å². The van der Waals surface area contributed by atoms with Crippen LogP contribution in [0, 0.1) is 0 Å². The van der Waals surface area contributed by atoms with Crippen LogP contribution in [0.1, 0.15) is 27.7 Å². The van der Waals surface area contributed by atoms with Gasteiger partial charge in [-0.25, -0.2) is 14.7 Å². The van der Waals surface area contributed by atoms with Crippen LogP contribution in [0.15, 0.2) is 12.2 Å². The zero-order valence-electron chi connectivity index (χ0n) is 13.8. The van der Waals surface area contributed by atoms with Crippen LogP contribution in [0.5, 0.6) is 0 Å². The van der Waals surface area contributed by atoms with Crippen LogP contribution in [0.3, 0.4) is 0 Å². The fourth-order valence-corrected chi connectivity index (χ4v) is 1.33. The number of amides is 2. The second-order valence-electron chi connectivity index (χ2n) is 5.38. The molecule has 0 unspecified atom stereocenters. The Bertz CT molecular complexity index is 428. The Kier molecular flexibility index (Phi) is 8.18. The Hall–Kier alpha value is -2.09. The molecule has 0 aliphatic carbocycles. The minimum Gasteiger partial charge on any atom is -0.466 e. The SMILES string of the molecule is COC(=O)/C=C/CN(OC)C(=O)[C@H](C)NC(=O)OC(C)(C)C. The molecule has 0 heterocycles. The molecule has 0 aromatic rings. The maximum absolute atomic E-state index is 12.1. The molecule has 8 heteroatoms. The summed E-state index contributed by atoms with van der Waals surface area (Å²) in [5, 5.41) is 3.41. The zero-order chi connectivity index (χ0) is 17.3. The molecule has 0 aromatic heterocycles. The third-order valence-electron chi connectivity index (χ3n) is 2.30. The minimum absolute atomic E-state index is 0.0325. The molecule has 1 atom stereocenters. The lowest BCUT2D eigenvalue weighted by molar-refractivity contribution is -0.175. The molecule has 0 radical (unpaired) electrons. The third-order valence-corrected chi connectivity index (χ3v) is 2.30. The van der Waals surface area contributed by atoms with E-state index in [2.05, 4.69) is 10.1 Å². The van der Waals surface area contributed by atoms with E-state index in [1.165, 1.54) is 33.3 Å². The van der Waals surface area contributed by atoms with Crippen LogP contribution in [0.2, 0.25) is 0 Å². The average Bonchev–Trinajstić information content (AvgIpc) is 2.40. The van der Waals surface area contributed by atoms with E-state index in [4.69, 9.17) is 9.57 Å². The predicted octanol–water partition coefficient (Wildman–Crippen LogP) is 1.02. The van der Waals surface area contributed by atoms with E-state index in [-0.39, 0.29) is 6.54 Å².